The predicted molar refractivity (Wildman–Crippen MR) is 81.9 cm³/mol. The summed E-state index contributed by atoms with van der Waals surface area (Å²) in [6.45, 7) is 8.88. The fourth-order valence-corrected chi connectivity index (χ4v) is 2.49. The van der Waals surface area contributed by atoms with Crippen molar-refractivity contribution in [1.29, 1.82) is 0 Å². The summed E-state index contributed by atoms with van der Waals surface area (Å²) in [7, 11) is 0. The number of fused-ring (bicyclic) bond motifs is 1. The summed E-state index contributed by atoms with van der Waals surface area (Å²) in [5.41, 5.74) is 1.08. The quantitative estimate of drug-likeness (QED) is 0.901. The first kappa shape index (κ1) is 14.0. The molecule has 1 aliphatic rings. The molecule has 112 valence electrons. The van der Waals surface area contributed by atoms with Gasteiger partial charge in [-0.25, -0.2) is 4.98 Å². The molecule has 2 aromatic rings. The van der Waals surface area contributed by atoms with Crippen molar-refractivity contribution in [1.82, 2.24) is 25.1 Å². The molecular weight excluding hydrogens is 264 g/mol. The highest BCUT2D eigenvalue weighted by Gasteiger charge is 2.18. The topological polar surface area (TPSA) is 58.9 Å². The second kappa shape index (κ2) is 6.22. The van der Waals surface area contributed by atoms with Crippen LogP contribution < -0.4 is 10.2 Å². The van der Waals surface area contributed by atoms with Crippen LogP contribution in [0.2, 0.25) is 0 Å². The van der Waals surface area contributed by atoms with Gasteiger partial charge in [-0.05, 0) is 24.6 Å². The van der Waals surface area contributed by atoms with Crippen LogP contribution in [0.5, 0.6) is 0 Å². The third kappa shape index (κ3) is 3.39. The Morgan fingerprint density at radius 1 is 1.29 bits per heavy atom. The molecule has 0 bridgehead atoms. The molecule has 3 heterocycles. The largest absolute Gasteiger partial charge is 0.347 e. The maximum atomic E-state index is 4.76. The van der Waals surface area contributed by atoms with Gasteiger partial charge in [0.25, 0.3) is 0 Å². The average Bonchev–Trinajstić information content (AvgIpc) is 2.94. The zero-order valence-electron chi connectivity index (χ0n) is 12.7. The highest BCUT2D eigenvalue weighted by molar-refractivity contribution is 5.40. The van der Waals surface area contributed by atoms with E-state index in [-0.39, 0.29) is 0 Å². The second-order valence-corrected chi connectivity index (χ2v) is 5.87. The van der Waals surface area contributed by atoms with Crippen molar-refractivity contribution in [3.8, 4) is 0 Å². The second-order valence-electron chi connectivity index (χ2n) is 5.87. The van der Waals surface area contributed by atoms with Gasteiger partial charge in [-0.3, -0.25) is 0 Å². The predicted octanol–water partition coefficient (Wildman–Crippen LogP) is 1.44. The molecule has 0 radical (unpaired) electrons. The Bertz CT molecular complexity index is 591. The molecule has 0 unspecified atom stereocenters. The van der Waals surface area contributed by atoms with E-state index in [2.05, 4.69) is 57.0 Å². The number of anilines is 1. The molecule has 6 nitrogen and oxygen atoms in total. The van der Waals surface area contributed by atoms with Crippen molar-refractivity contribution in [2.45, 2.75) is 33.5 Å². The van der Waals surface area contributed by atoms with E-state index in [1.54, 1.807) is 6.33 Å². The highest BCUT2D eigenvalue weighted by atomic mass is 15.3. The lowest BCUT2D eigenvalue weighted by molar-refractivity contribution is 0.543. The normalized spacial score (nSPS) is 14.5. The minimum absolute atomic E-state index is 0.654. The Morgan fingerprint density at radius 3 is 3.05 bits per heavy atom. The first-order valence-electron chi connectivity index (χ1n) is 7.50. The van der Waals surface area contributed by atoms with Gasteiger partial charge in [0.2, 0.25) is 0 Å². The summed E-state index contributed by atoms with van der Waals surface area (Å²) in [6.07, 6.45) is 1.80. The summed E-state index contributed by atoms with van der Waals surface area (Å²) in [5, 5.41) is 11.6. The first-order chi connectivity index (χ1) is 10.2. The van der Waals surface area contributed by atoms with Crippen LogP contribution in [-0.2, 0) is 19.6 Å². The fourth-order valence-electron chi connectivity index (χ4n) is 2.49. The Morgan fingerprint density at radius 2 is 2.19 bits per heavy atom. The van der Waals surface area contributed by atoms with Crippen molar-refractivity contribution in [2.24, 2.45) is 5.92 Å². The van der Waals surface area contributed by atoms with Gasteiger partial charge in [-0.15, -0.1) is 10.2 Å². The number of hydrogen-bond donors (Lipinski definition) is 1. The molecule has 0 aromatic carbocycles. The summed E-state index contributed by atoms with van der Waals surface area (Å²) < 4.78 is 2.10. The minimum Gasteiger partial charge on any atom is -0.347 e. The molecule has 1 aliphatic heterocycles. The zero-order chi connectivity index (χ0) is 14.7. The number of aromatic nitrogens is 4. The Balaban J connectivity index is 1.66. The molecule has 0 saturated carbocycles. The van der Waals surface area contributed by atoms with Crippen molar-refractivity contribution >= 4 is 5.82 Å². The van der Waals surface area contributed by atoms with Crippen molar-refractivity contribution in [3.63, 3.8) is 0 Å². The third-order valence-electron chi connectivity index (χ3n) is 3.61. The molecule has 3 rings (SSSR count). The molecule has 21 heavy (non-hydrogen) atoms. The van der Waals surface area contributed by atoms with E-state index in [1.165, 1.54) is 0 Å². The van der Waals surface area contributed by atoms with E-state index >= 15 is 0 Å². The standard InChI is InChI=1S/C15H22N6/c1-12(2)8-16-9-13-4-3-5-14(18-13)20-6-7-21-11-17-19-15(21)10-20/h3-5,11-12,16H,6-10H2,1-2H3. The van der Waals surface area contributed by atoms with Gasteiger partial charge in [0.15, 0.2) is 5.82 Å². The lowest BCUT2D eigenvalue weighted by atomic mass is 10.2. The number of nitrogens with zero attached hydrogens (tertiary/aromatic N) is 5. The monoisotopic (exact) mass is 286 g/mol. The van der Waals surface area contributed by atoms with Crippen molar-refractivity contribution < 1.29 is 0 Å². The summed E-state index contributed by atoms with van der Waals surface area (Å²) in [4.78, 5) is 7.02. The van der Waals surface area contributed by atoms with Gasteiger partial charge in [-0.1, -0.05) is 19.9 Å². The van der Waals surface area contributed by atoms with E-state index in [0.717, 1.165) is 50.1 Å². The highest BCUT2D eigenvalue weighted by Crippen LogP contribution is 2.17. The molecule has 0 fully saturated rings. The molecule has 0 aliphatic carbocycles. The maximum absolute atomic E-state index is 4.76. The van der Waals surface area contributed by atoms with E-state index in [9.17, 15) is 0 Å². The number of rotatable bonds is 5. The molecule has 0 atom stereocenters. The molecule has 0 spiro atoms. The lowest BCUT2D eigenvalue weighted by Crippen LogP contribution is -2.34. The van der Waals surface area contributed by atoms with Gasteiger partial charge in [0, 0.05) is 19.6 Å². The van der Waals surface area contributed by atoms with Crippen molar-refractivity contribution in [2.75, 3.05) is 18.0 Å². The molecule has 0 saturated heterocycles. The maximum Gasteiger partial charge on any atom is 0.152 e. The molecule has 6 heteroatoms. The molecule has 0 amide bonds. The summed E-state index contributed by atoms with van der Waals surface area (Å²) in [5.74, 6) is 2.68. The van der Waals surface area contributed by atoms with Crippen LogP contribution in [0.3, 0.4) is 0 Å². The van der Waals surface area contributed by atoms with Crippen LogP contribution in [0.15, 0.2) is 24.5 Å². The van der Waals surface area contributed by atoms with Crippen LogP contribution in [-0.4, -0.2) is 32.8 Å². The molecule has 2 aromatic heterocycles. The van der Waals surface area contributed by atoms with Crippen LogP contribution in [0.4, 0.5) is 5.82 Å². The van der Waals surface area contributed by atoms with Crippen LogP contribution >= 0.6 is 0 Å². The number of hydrogen-bond acceptors (Lipinski definition) is 5. The van der Waals surface area contributed by atoms with E-state index in [0.29, 0.717) is 5.92 Å². The SMILES string of the molecule is CC(C)CNCc1cccc(N2CCn3cnnc3C2)n1. The van der Waals surface area contributed by atoms with Gasteiger partial charge >= 0.3 is 0 Å². The van der Waals surface area contributed by atoms with E-state index in [1.807, 2.05) is 0 Å². The minimum atomic E-state index is 0.654. The van der Waals surface area contributed by atoms with Gasteiger partial charge in [0.1, 0.15) is 12.1 Å². The van der Waals surface area contributed by atoms with Crippen molar-refractivity contribution in [3.05, 3.63) is 36.0 Å². The van der Waals surface area contributed by atoms with Gasteiger partial charge in [-0.2, -0.15) is 0 Å². The van der Waals surface area contributed by atoms with Crippen LogP contribution in [0.1, 0.15) is 25.4 Å². The van der Waals surface area contributed by atoms with Gasteiger partial charge < -0.3 is 14.8 Å². The Labute approximate surface area is 125 Å². The van der Waals surface area contributed by atoms with Gasteiger partial charge in [0.05, 0.1) is 12.2 Å². The zero-order valence-corrected chi connectivity index (χ0v) is 12.7. The fraction of sp³-hybridized carbons (Fsp3) is 0.533. The van der Waals surface area contributed by atoms with Crippen LogP contribution in [0.25, 0.3) is 0 Å². The molecule has 1 N–H and O–H groups in total. The Kier molecular flexibility index (Phi) is 4.15. The lowest BCUT2D eigenvalue weighted by Gasteiger charge is -2.28. The molecular formula is C15H22N6. The summed E-state index contributed by atoms with van der Waals surface area (Å²) in [6, 6.07) is 6.22. The van der Waals surface area contributed by atoms with E-state index < -0.39 is 0 Å². The third-order valence-corrected chi connectivity index (χ3v) is 3.61. The first-order valence-corrected chi connectivity index (χ1v) is 7.50. The van der Waals surface area contributed by atoms with Crippen LogP contribution in [0, 0.1) is 5.92 Å². The number of pyridine rings is 1. The number of nitrogens with one attached hydrogen (secondary N) is 1. The van der Waals surface area contributed by atoms with E-state index in [4.69, 9.17) is 4.98 Å². The smallest absolute Gasteiger partial charge is 0.152 e. The Hall–Kier alpha value is -1.95. The summed E-state index contributed by atoms with van der Waals surface area (Å²) >= 11 is 0. The average molecular weight is 286 g/mol.